The van der Waals surface area contributed by atoms with Crippen molar-refractivity contribution >= 4 is 44.2 Å². The van der Waals surface area contributed by atoms with Crippen molar-refractivity contribution in [1.29, 1.82) is 0 Å². The van der Waals surface area contributed by atoms with Crippen molar-refractivity contribution in [2.75, 3.05) is 0 Å². The maximum Gasteiger partial charge on any atom is 0.167 e. The first-order chi connectivity index (χ1) is 9.34. The summed E-state index contributed by atoms with van der Waals surface area (Å²) in [4.78, 5) is 0. The Balaban J connectivity index is 2.14. The van der Waals surface area contributed by atoms with Crippen LogP contribution in [0.1, 0.15) is 0 Å². The minimum Gasteiger partial charge on any atom is -0.356 e. The van der Waals surface area contributed by atoms with Crippen molar-refractivity contribution in [3.63, 3.8) is 0 Å². The summed E-state index contributed by atoms with van der Waals surface area (Å²) in [6, 6.07) is 11.8. The van der Waals surface area contributed by atoms with Crippen molar-refractivity contribution in [3.8, 4) is 11.3 Å². The summed E-state index contributed by atoms with van der Waals surface area (Å²) in [6.45, 7) is 0. The van der Waals surface area contributed by atoms with Crippen molar-refractivity contribution in [3.05, 3.63) is 47.6 Å². The van der Waals surface area contributed by atoms with Crippen LogP contribution in [-0.4, -0.2) is 9.53 Å². The molecule has 0 spiro atoms. The second-order valence-corrected chi connectivity index (χ2v) is 5.40. The summed E-state index contributed by atoms with van der Waals surface area (Å²) in [5.74, 6) is 0. The molecule has 0 saturated heterocycles. The quantitative estimate of drug-likeness (QED) is 0.506. The molecule has 5 heteroatoms. The molecule has 19 heavy (non-hydrogen) atoms. The van der Waals surface area contributed by atoms with Gasteiger partial charge < -0.3 is 4.52 Å². The SMILES string of the molecule is Clc1ccc2oncc2c1-c1nsc2ccccc12. The Morgan fingerprint density at radius 1 is 1.05 bits per heavy atom. The highest BCUT2D eigenvalue weighted by Crippen LogP contribution is 2.39. The third-order valence-electron chi connectivity index (χ3n) is 3.10. The Morgan fingerprint density at radius 3 is 2.89 bits per heavy atom. The maximum absolute atomic E-state index is 6.35. The predicted octanol–water partition coefficient (Wildman–Crippen LogP) is 4.76. The molecule has 0 amide bonds. The van der Waals surface area contributed by atoms with Crippen LogP contribution in [0.5, 0.6) is 0 Å². The van der Waals surface area contributed by atoms with E-state index in [2.05, 4.69) is 21.7 Å². The molecule has 3 nitrogen and oxygen atoms in total. The predicted molar refractivity (Wildman–Crippen MR) is 77.6 cm³/mol. The Bertz CT molecular complexity index is 897. The van der Waals surface area contributed by atoms with Crippen LogP contribution in [0.2, 0.25) is 5.02 Å². The summed E-state index contributed by atoms with van der Waals surface area (Å²) in [7, 11) is 0. The summed E-state index contributed by atoms with van der Waals surface area (Å²) < 4.78 is 10.9. The Labute approximate surface area is 117 Å². The molecule has 0 radical (unpaired) electrons. The van der Waals surface area contributed by atoms with Crippen LogP contribution in [0.3, 0.4) is 0 Å². The van der Waals surface area contributed by atoms with Crippen molar-refractivity contribution < 1.29 is 4.52 Å². The fourth-order valence-corrected chi connectivity index (χ4v) is 3.26. The Kier molecular flexibility index (Phi) is 2.33. The van der Waals surface area contributed by atoms with Gasteiger partial charge in [-0.25, -0.2) is 0 Å². The Morgan fingerprint density at radius 2 is 1.95 bits per heavy atom. The highest BCUT2D eigenvalue weighted by atomic mass is 35.5. The molecule has 0 atom stereocenters. The van der Waals surface area contributed by atoms with Crippen LogP contribution < -0.4 is 0 Å². The second-order valence-electron chi connectivity index (χ2n) is 4.19. The van der Waals surface area contributed by atoms with E-state index in [0.29, 0.717) is 5.02 Å². The Hall–Kier alpha value is -1.91. The average Bonchev–Trinajstić information content (AvgIpc) is 3.05. The van der Waals surface area contributed by atoms with E-state index in [4.69, 9.17) is 16.1 Å². The molecule has 0 saturated carbocycles. The third-order valence-corrected chi connectivity index (χ3v) is 4.24. The fraction of sp³-hybridized carbons (Fsp3) is 0. The van der Waals surface area contributed by atoms with Gasteiger partial charge in [-0.1, -0.05) is 35.0 Å². The van der Waals surface area contributed by atoms with E-state index in [1.54, 1.807) is 6.20 Å². The van der Waals surface area contributed by atoms with Gasteiger partial charge in [-0.05, 0) is 29.7 Å². The molecule has 2 aromatic heterocycles. The minimum absolute atomic E-state index is 0.659. The van der Waals surface area contributed by atoms with Gasteiger partial charge in [-0.15, -0.1) is 0 Å². The van der Waals surface area contributed by atoms with Gasteiger partial charge in [0.05, 0.1) is 27.0 Å². The number of hydrogen-bond acceptors (Lipinski definition) is 4. The molecular weight excluding hydrogens is 280 g/mol. The van der Waals surface area contributed by atoms with E-state index in [9.17, 15) is 0 Å². The molecule has 0 unspecified atom stereocenters. The van der Waals surface area contributed by atoms with Crippen LogP contribution >= 0.6 is 23.1 Å². The van der Waals surface area contributed by atoms with Crippen LogP contribution in [0, 0.1) is 0 Å². The molecule has 4 rings (SSSR count). The van der Waals surface area contributed by atoms with E-state index in [-0.39, 0.29) is 0 Å². The summed E-state index contributed by atoms with van der Waals surface area (Å²) in [5.41, 5.74) is 2.49. The molecule has 0 bridgehead atoms. The van der Waals surface area contributed by atoms with E-state index in [1.165, 1.54) is 11.5 Å². The van der Waals surface area contributed by atoms with Crippen LogP contribution in [0.4, 0.5) is 0 Å². The van der Waals surface area contributed by atoms with Crippen molar-refractivity contribution in [2.24, 2.45) is 0 Å². The number of benzene rings is 2. The van der Waals surface area contributed by atoms with Crippen LogP contribution in [0.25, 0.3) is 32.3 Å². The lowest BCUT2D eigenvalue weighted by Gasteiger charge is -2.02. The van der Waals surface area contributed by atoms with Crippen LogP contribution in [-0.2, 0) is 0 Å². The van der Waals surface area contributed by atoms with Gasteiger partial charge in [-0.2, -0.15) is 4.37 Å². The molecule has 0 aliphatic rings. The number of aromatic nitrogens is 2. The number of fused-ring (bicyclic) bond motifs is 2. The fourth-order valence-electron chi connectivity index (χ4n) is 2.22. The molecule has 4 aromatic rings. The molecule has 2 aromatic carbocycles. The summed E-state index contributed by atoms with van der Waals surface area (Å²) in [5, 5.41) is 6.49. The lowest BCUT2D eigenvalue weighted by atomic mass is 10.0. The van der Waals surface area contributed by atoms with E-state index < -0.39 is 0 Å². The van der Waals surface area contributed by atoms with Gasteiger partial charge in [0.25, 0.3) is 0 Å². The highest BCUT2D eigenvalue weighted by molar-refractivity contribution is 7.13. The van der Waals surface area contributed by atoms with Crippen molar-refractivity contribution in [1.82, 2.24) is 9.53 Å². The smallest absolute Gasteiger partial charge is 0.167 e. The zero-order valence-electron chi connectivity index (χ0n) is 9.63. The molecule has 0 aliphatic heterocycles. The van der Waals surface area contributed by atoms with Gasteiger partial charge >= 0.3 is 0 Å². The number of nitrogens with zero attached hydrogens (tertiary/aromatic N) is 2. The third kappa shape index (κ3) is 1.57. The summed E-state index contributed by atoms with van der Waals surface area (Å²) in [6.07, 6.45) is 1.69. The molecule has 0 fully saturated rings. The first-order valence-corrected chi connectivity index (χ1v) is 6.87. The van der Waals surface area contributed by atoms with Gasteiger partial charge in [0, 0.05) is 10.9 Å². The number of halogens is 1. The molecule has 0 N–H and O–H groups in total. The van der Waals surface area contributed by atoms with Gasteiger partial charge in [0.15, 0.2) is 5.58 Å². The molecule has 92 valence electrons. The zero-order valence-corrected chi connectivity index (χ0v) is 11.2. The highest BCUT2D eigenvalue weighted by Gasteiger charge is 2.16. The lowest BCUT2D eigenvalue weighted by Crippen LogP contribution is -1.81. The lowest BCUT2D eigenvalue weighted by molar-refractivity contribution is 0.456. The minimum atomic E-state index is 0.659. The first kappa shape index (κ1) is 11.0. The maximum atomic E-state index is 6.35. The van der Waals surface area contributed by atoms with Gasteiger partial charge in [-0.3, -0.25) is 0 Å². The molecular formula is C14H7ClN2OS. The van der Waals surface area contributed by atoms with Gasteiger partial charge in [0.2, 0.25) is 0 Å². The second kappa shape index (κ2) is 4.05. The largest absolute Gasteiger partial charge is 0.356 e. The van der Waals surface area contributed by atoms with E-state index in [1.807, 2.05) is 24.3 Å². The summed E-state index contributed by atoms with van der Waals surface area (Å²) >= 11 is 7.82. The number of rotatable bonds is 1. The van der Waals surface area contributed by atoms with Gasteiger partial charge in [0.1, 0.15) is 0 Å². The van der Waals surface area contributed by atoms with E-state index in [0.717, 1.165) is 32.3 Å². The van der Waals surface area contributed by atoms with Crippen molar-refractivity contribution in [2.45, 2.75) is 0 Å². The average molecular weight is 287 g/mol. The monoisotopic (exact) mass is 286 g/mol. The molecule has 0 aliphatic carbocycles. The zero-order chi connectivity index (χ0) is 12.8. The topological polar surface area (TPSA) is 38.9 Å². The van der Waals surface area contributed by atoms with E-state index >= 15 is 0 Å². The molecule has 2 heterocycles. The standard InChI is InChI=1S/C14H7ClN2OS/c15-10-5-6-11-9(7-16-18-11)13(10)14-8-3-1-2-4-12(8)19-17-14/h1-7H. The first-order valence-electron chi connectivity index (χ1n) is 5.72. The van der Waals surface area contributed by atoms with Crippen LogP contribution in [0.15, 0.2) is 47.1 Å². The number of hydrogen-bond donors (Lipinski definition) is 0. The normalized spacial score (nSPS) is 11.4.